The minimum Gasteiger partial charge on any atom is -0.478 e. The predicted molar refractivity (Wildman–Crippen MR) is 62.9 cm³/mol. The van der Waals surface area contributed by atoms with Gasteiger partial charge in [0.05, 0.1) is 16.2 Å². The molecule has 0 amide bonds. The van der Waals surface area contributed by atoms with Gasteiger partial charge in [0.15, 0.2) is 9.84 Å². The van der Waals surface area contributed by atoms with Crippen molar-refractivity contribution in [1.29, 1.82) is 0 Å². The first-order valence-electron chi connectivity index (χ1n) is 5.47. The summed E-state index contributed by atoms with van der Waals surface area (Å²) in [5.74, 6) is -0.699. The number of carboxylic acid groups (broad SMARTS) is 1. The normalized spacial score (nSPS) is 15.8. The molecule has 0 radical (unpaired) electrons. The Labute approximate surface area is 100 Å². The smallest absolute Gasteiger partial charge is 0.335 e. The molecule has 0 heterocycles. The maximum Gasteiger partial charge on any atom is 0.335 e. The van der Waals surface area contributed by atoms with Gasteiger partial charge in [-0.1, -0.05) is 6.07 Å². The summed E-state index contributed by atoms with van der Waals surface area (Å²) >= 11 is 0. The number of carboxylic acids is 1. The summed E-state index contributed by atoms with van der Waals surface area (Å²) in [6.45, 7) is 1.54. The lowest BCUT2D eigenvalue weighted by Gasteiger charge is -2.09. The van der Waals surface area contributed by atoms with Gasteiger partial charge in [-0.2, -0.15) is 0 Å². The molecule has 1 aliphatic rings. The van der Waals surface area contributed by atoms with E-state index in [2.05, 4.69) is 0 Å². The highest BCUT2D eigenvalue weighted by atomic mass is 32.2. The first kappa shape index (κ1) is 12.1. The number of hydrogen-bond donors (Lipinski definition) is 1. The highest BCUT2D eigenvalue weighted by Gasteiger charge is 2.30. The highest BCUT2D eigenvalue weighted by molar-refractivity contribution is 7.91. The summed E-state index contributed by atoms with van der Waals surface area (Å²) in [6, 6.07) is 4.39. The van der Waals surface area contributed by atoms with E-state index in [1.807, 2.05) is 0 Å². The Hall–Kier alpha value is -1.36. The molecule has 0 bridgehead atoms. The molecule has 2 rings (SSSR count). The van der Waals surface area contributed by atoms with Crippen molar-refractivity contribution < 1.29 is 18.3 Å². The van der Waals surface area contributed by atoms with Crippen molar-refractivity contribution >= 4 is 15.8 Å². The standard InChI is InChI=1S/C12H14O4S/c1-8-10(12(13)14)3-2-4-11(8)17(15,16)7-9-5-6-9/h2-4,9H,5-7H2,1H3,(H,13,14). The molecule has 1 aromatic carbocycles. The van der Waals surface area contributed by atoms with Crippen LogP contribution in [-0.4, -0.2) is 25.2 Å². The molecular formula is C12H14O4S. The van der Waals surface area contributed by atoms with E-state index in [1.165, 1.54) is 18.2 Å². The Morgan fingerprint density at radius 3 is 2.59 bits per heavy atom. The zero-order valence-corrected chi connectivity index (χ0v) is 10.3. The fourth-order valence-electron chi connectivity index (χ4n) is 1.87. The molecule has 0 aromatic heterocycles. The number of carbonyl (C=O) groups is 1. The van der Waals surface area contributed by atoms with Crippen LogP contribution in [0.3, 0.4) is 0 Å². The Bertz CT molecular complexity index is 556. The predicted octanol–water partition coefficient (Wildman–Crippen LogP) is 1.88. The minimum atomic E-state index is -3.35. The molecule has 0 aliphatic heterocycles. The quantitative estimate of drug-likeness (QED) is 0.890. The average molecular weight is 254 g/mol. The van der Waals surface area contributed by atoms with Crippen molar-refractivity contribution in [2.75, 3.05) is 5.75 Å². The molecule has 1 N–H and O–H groups in total. The van der Waals surface area contributed by atoms with Crippen molar-refractivity contribution in [3.8, 4) is 0 Å². The number of sulfone groups is 1. The second-order valence-corrected chi connectivity index (χ2v) is 6.46. The number of hydrogen-bond acceptors (Lipinski definition) is 3. The summed E-state index contributed by atoms with van der Waals surface area (Å²) in [5.41, 5.74) is 0.391. The van der Waals surface area contributed by atoms with Crippen LogP contribution < -0.4 is 0 Å². The second-order valence-electron chi connectivity index (χ2n) is 4.46. The summed E-state index contributed by atoms with van der Waals surface area (Å²) < 4.78 is 24.2. The van der Waals surface area contributed by atoms with Gasteiger partial charge in [-0.25, -0.2) is 13.2 Å². The van der Waals surface area contributed by atoms with Crippen molar-refractivity contribution in [3.05, 3.63) is 29.3 Å². The van der Waals surface area contributed by atoms with Gasteiger partial charge in [-0.15, -0.1) is 0 Å². The van der Waals surface area contributed by atoms with Gasteiger partial charge in [-0.3, -0.25) is 0 Å². The zero-order chi connectivity index (χ0) is 12.6. The number of benzene rings is 1. The average Bonchev–Trinajstić information content (AvgIpc) is 3.00. The molecule has 1 aromatic rings. The molecule has 1 fully saturated rings. The van der Waals surface area contributed by atoms with Gasteiger partial charge >= 0.3 is 5.97 Å². The molecule has 92 valence electrons. The Balaban J connectivity index is 2.44. The monoisotopic (exact) mass is 254 g/mol. The molecule has 1 aliphatic carbocycles. The van der Waals surface area contributed by atoms with Gasteiger partial charge in [0.1, 0.15) is 0 Å². The Kier molecular flexibility index (Phi) is 2.95. The number of rotatable bonds is 4. The molecule has 4 nitrogen and oxygen atoms in total. The molecule has 17 heavy (non-hydrogen) atoms. The molecule has 0 spiro atoms. The summed E-state index contributed by atoms with van der Waals surface area (Å²) in [6.07, 6.45) is 1.91. The first-order chi connectivity index (χ1) is 7.92. The lowest BCUT2D eigenvalue weighted by atomic mass is 10.1. The van der Waals surface area contributed by atoms with E-state index in [0.717, 1.165) is 12.8 Å². The van der Waals surface area contributed by atoms with Gasteiger partial charge in [-0.05, 0) is 43.4 Å². The van der Waals surface area contributed by atoms with Crippen LogP contribution in [-0.2, 0) is 9.84 Å². The van der Waals surface area contributed by atoms with Crippen LogP contribution >= 0.6 is 0 Å². The fourth-order valence-corrected chi connectivity index (χ4v) is 3.86. The van der Waals surface area contributed by atoms with Gasteiger partial charge in [0.25, 0.3) is 0 Å². The van der Waals surface area contributed by atoms with E-state index >= 15 is 0 Å². The Morgan fingerprint density at radius 1 is 1.41 bits per heavy atom. The maximum atomic E-state index is 12.1. The molecule has 5 heteroatoms. The fraction of sp³-hybridized carbons (Fsp3) is 0.417. The lowest BCUT2D eigenvalue weighted by Crippen LogP contribution is -2.12. The van der Waals surface area contributed by atoms with Crippen molar-refractivity contribution in [2.24, 2.45) is 5.92 Å². The largest absolute Gasteiger partial charge is 0.478 e. The molecule has 1 saturated carbocycles. The van der Waals surface area contributed by atoms with Gasteiger partial charge in [0.2, 0.25) is 0 Å². The third-order valence-electron chi connectivity index (χ3n) is 3.00. The van der Waals surface area contributed by atoms with E-state index in [-0.39, 0.29) is 22.1 Å². The van der Waals surface area contributed by atoms with E-state index in [1.54, 1.807) is 6.92 Å². The van der Waals surface area contributed by atoms with E-state index in [4.69, 9.17) is 5.11 Å². The van der Waals surface area contributed by atoms with Gasteiger partial charge in [0, 0.05) is 0 Å². The summed E-state index contributed by atoms with van der Waals surface area (Å²) in [5, 5.41) is 8.96. The van der Waals surface area contributed by atoms with Crippen LogP contribution in [0.2, 0.25) is 0 Å². The SMILES string of the molecule is Cc1c(C(=O)O)cccc1S(=O)(=O)CC1CC1. The highest BCUT2D eigenvalue weighted by Crippen LogP contribution is 2.33. The van der Waals surface area contributed by atoms with Crippen LogP contribution in [0.15, 0.2) is 23.1 Å². The maximum absolute atomic E-state index is 12.1. The van der Waals surface area contributed by atoms with E-state index < -0.39 is 15.8 Å². The second kappa shape index (κ2) is 4.14. The van der Waals surface area contributed by atoms with Gasteiger partial charge < -0.3 is 5.11 Å². The third-order valence-corrected chi connectivity index (χ3v) is 5.02. The van der Waals surface area contributed by atoms with Crippen LogP contribution in [0, 0.1) is 12.8 Å². The minimum absolute atomic E-state index is 0.0573. The van der Waals surface area contributed by atoms with Crippen molar-refractivity contribution in [2.45, 2.75) is 24.7 Å². The van der Waals surface area contributed by atoms with Crippen LogP contribution in [0.5, 0.6) is 0 Å². The summed E-state index contributed by atoms with van der Waals surface area (Å²) in [7, 11) is -3.35. The van der Waals surface area contributed by atoms with Crippen LogP contribution in [0.4, 0.5) is 0 Å². The van der Waals surface area contributed by atoms with Crippen LogP contribution in [0.25, 0.3) is 0 Å². The van der Waals surface area contributed by atoms with E-state index in [9.17, 15) is 13.2 Å². The third kappa shape index (κ3) is 2.49. The zero-order valence-electron chi connectivity index (χ0n) is 9.51. The van der Waals surface area contributed by atoms with Crippen molar-refractivity contribution in [3.63, 3.8) is 0 Å². The lowest BCUT2D eigenvalue weighted by molar-refractivity contribution is 0.0696. The molecule has 0 saturated heterocycles. The number of aromatic carboxylic acids is 1. The van der Waals surface area contributed by atoms with E-state index in [0.29, 0.717) is 5.56 Å². The first-order valence-corrected chi connectivity index (χ1v) is 7.12. The molecule has 0 unspecified atom stereocenters. The topological polar surface area (TPSA) is 71.4 Å². The molecule has 0 atom stereocenters. The Morgan fingerprint density at radius 2 is 2.06 bits per heavy atom. The van der Waals surface area contributed by atoms with Crippen molar-refractivity contribution in [1.82, 2.24) is 0 Å². The molecular weight excluding hydrogens is 240 g/mol. The summed E-state index contributed by atoms with van der Waals surface area (Å²) in [4.78, 5) is 11.1. The van der Waals surface area contributed by atoms with Crippen LogP contribution in [0.1, 0.15) is 28.8 Å².